The molecule has 0 fully saturated rings. The van der Waals surface area contributed by atoms with E-state index in [9.17, 15) is 4.39 Å². The van der Waals surface area contributed by atoms with Crippen molar-refractivity contribution in [3.8, 4) is 5.75 Å². The molecule has 6 heteroatoms. The molecule has 5 rings (SSSR count). The Hall–Kier alpha value is -2.37. The van der Waals surface area contributed by atoms with Crippen LogP contribution in [-0.2, 0) is 0 Å². The van der Waals surface area contributed by atoms with E-state index in [1.807, 2.05) is 53.5 Å². The Morgan fingerprint density at radius 1 is 1.04 bits per heavy atom. The molecule has 3 aromatic carbocycles. The normalized spacial score (nSPS) is 20.2. The standard InChI is InChI=1S/C22H15BrClFN2O/c23-14-10-8-13(9-11-14)18-12-19-15-4-1-2-7-20(15)28-22(27(19)26-18)21-16(24)5-3-6-17(21)25/h1-11,19,22H,12H2/t19-,22+/m1/s1. The number of ether oxygens (including phenoxy) is 1. The SMILES string of the molecule is Fc1cccc(Cl)c1[C@@H]1Oc2ccccc2[C@H]2CC(c3ccc(Br)cc3)=NN21. The first-order valence-electron chi connectivity index (χ1n) is 8.93. The molecular weight excluding hydrogens is 443 g/mol. The highest BCUT2D eigenvalue weighted by molar-refractivity contribution is 9.10. The van der Waals surface area contributed by atoms with Gasteiger partial charge < -0.3 is 4.74 Å². The van der Waals surface area contributed by atoms with Crippen LogP contribution in [0.4, 0.5) is 4.39 Å². The van der Waals surface area contributed by atoms with Gasteiger partial charge in [0.05, 0.1) is 22.3 Å². The lowest BCUT2D eigenvalue weighted by molar-refractivity contribution is -0.0211. The van der Waals surface area contributed by atoms with Crippen LogP contribution in [0.2, 0.25) is 5.02 Å². The van der Waals surface area contributed by atoms with E-state index in [-0.39, 0.29) is 6.04 Å². The average molecular weight is 458 g/mol. The zero-order valence-corrected chi connectivity index (χ0v) is 17.0. The van der Waals surface area contributed by atoms with Crippen molar-refractivity contribution in [1.82, 2.24) is 5.01 Å². The fraction of sp³-hybridized carbons (Fsp3) is 0.136. The van der Waals surface area contributed by atoms with Crippen molar-refractivity contribution in [3.63, 3.8) is 0 Å². The van der Waals surface area contributed by atoms with Crippen LogP contribution < -0.4 is 4.74 Å². The highest BCUT2D eigenvalue weighted by Crippen LogP contribution is 2.48. The van der Waals surface area contributed by atoms with Crippen LogP contribution in [0, 0.1) is 5.82 Å². The van der Waals surface area contributed by atoms with Crippen LogP contribution in [0.5, 0.6) is 5.75 Å². The fourth-order valence-corrected chi connectivity index (χ4v) is 4.31. The smallest absolute Gasteiger partial charge is 0.218 e. The molecule has 3 aromatic rings. The molecule has 0 unspecified atom stereocenters. The summed E-state index contributed by atoms with van der Waals surface area (Å²) in [6.45, 7) is 0. The van der Waals surface area contributed by atoms with Gasteiger partial charge in [0, 0.05) is 16.5 Å². The second-order valence-electron chi connectivity index (χ2n) is 6.80. The summed E-state index contributed by atoms with van der Waals surface area (Å²) in [5, 5.41) is 7.00. The molecule has 0 N–H and O–H groups in total. The molecule has 0 aromatic heterocycles. The monoisotopic (exact) mass is 456 g/mol. The van der Waals surface area contributed by atoms with E-state index in [1.54, 1.807) is 12.1 Å². The Kier molecular flexibility index (Phi) is 4.37. The van der Waals surface area contributed by atoms with Gasteiger partial charge in [-0.3, -0.25) is 0 Å². The molecule has 0 radical (unpaired) electrons. The molecule has 0 saturated carbocycles. The lowest BCUT2D eigenvalue weighted by Gasteiger charge is -2.38. The molecule has 2 aliphatic rings. The van der Waals surface area contributed by atoms with E-state index in [2.05, 4.69) is 15.9 Å². The molecule has 0 bridgehead atoms. The number of benzene rings is 3. The second-order valence-corrected chi connectivity index (χ2v) is 8.12. The molecule has 3 nitrogen and oxygen atoms in total. The molecule has 28 heavy (non-hydrogen) atoms. The lowest BCUT2D eigenvalue weighted by Crippen LogP contribution is -2.34. The minimum Gasteiger partial charge on any atom is -0.464 e. The first-order chi connectivity index (χ1) is 13.6. The molecule has 0 saturated heterocycles. The Labute approximate surface area is 175 Å². The molecule has 0 amide bonds. The van der Waals surface area contributed by atoms with Crippen molar-refractivity contribution < 1.29 is 9.13 Å². The number of hydrogen-bond acceptors (Lipinski definition) is 3. The molecule has 2 atom stereocenters. The molecule has 140 valence electrons. The number of nitrogens with zero attached hydrogens (tertiary/aromatic N) is 2. The summed E-state index contributed by atoms with van der Waals surface area (Å²) in [6.07, 6.45) is -0.00791. The summed E-state index contributed by atoms with van der Waals surface area (Å²) < 4.78 is 21.9. The molecular formula is C22H15BrClFN2O. The minimum absolute atomic E-state index is 0.0377. The van der Waals surface area contributed by atoms with E-state index >= 15 is 0 Å². The van der Waals surface area contributed by atoms with Crippen LogP contribution >= 0.6 is 27.5 Å². The molecule has 0 aliphatic carbocycles. The minimum atomic E-state index is -0.721. The van der Waals surface area contributed by atoms with Gasteiger partial charge in [-0.2, -0.15) is 5.10 Å². The summed E-state index contributed by atoms with van der Waals surface area (Å²) in [5.74, 6) is 0.336. The third-order valence-electron chi connectivity index (χ3n) is 5.12. The van der Waals surface area contributed by atoms with Crippen molar-refractivity contribution in [2.45, 2.75) is 18.7 Å². The summed E-state index contributed by atoms with van der Waals surface area (Å²) in [5.41, 5.74) is 3.33. The predicted octanol–water partition coefficient (Wildman–Crippen LogP) is 6.48. The van der Waals surface area contributed by atoms with Crippen molar-refractivity contribution in [1.29, 1.82) is 0 Å². The predicted molar refractivity (Wildman–Crippen MR) is 111 cm³/mol. The van der Waals surface area contributed by atoms with E-state index in [0.717, 1.165) is 27.1 Å². The number of para-hydroxylation sites is 1. The molecule has 0 spiro atoms. The Morgan fingerprint density at radius 3 is 2.61 bits per heavy atom. The highest BCUT2D eigenvalue weighted by Gasteiger charge is 2.42. The van der Waals surface area contributed by atoms with Crippen LogP contribution in [0.3, 0.4) is 0 Å². The van der Waals surface area contributed by atoms with E-state index in [4.69, 9.17) is 21.4 Å². The topological polar surface area (TPSA) is 24.8 Å². The van der Waals surface area contributed by atoms with E-state index < -0.39 is 12.0 Å². The van der Waals surface area contributed by atoms with E-state index in [1.165, 1.54) is 6.07 Å². The molecule has 2 aliphatic heterocycles. The zero-order valence-electron chi connectivity index (χ0n) is 14.6. The number of rotatable bonds is 2. The van der Waals surface area contributed by atoms with E-state index in [0.29, 0.717) is 17.0 Å². The van der Waals surface area contributed by atoms with Gasteiger partial charge in [-0.25, -0.2) is 9.40 Å². The maximum absolute atomic E-state index is 14.7. The maximum Gasteiger partial charge on any atom is 0.218 e. The van der Waals surface area contributed by atoms with Crippen molar-refractivity contribution in [3.05, 3.63) is 98.7 Å². The van der Waals surface area contributed by atoms with Crippen LogP contribution in [-0.4, -0.2) is 10.7 Å². The number of halogens is 3. The first kappa shape index (κ1) is 17.7. The van der Waals surface area contributed by atoms with Gasteiger partial charge in [0.1, 0.15) is 11.6 Å². The number of hydrogen-bond donors (Lipinski definition) is 0. The third kappa shape index (κ3) is 2.90. The van der Waals surface area contributed by atoms with Crippen molar-refractivity contribution in [2.24, 2.45) is 5.10 Å². The van der Waals surface area contributed by atoms with Crippen LogP contribution in [0.25, 0.3) is 0 Å². The van der Waals surface area contributed by atoms with Gasteiger partial charge in [-0.15, -0.1) is 0 Å². The van der Waals surface area contributed by atoms with Gasteiger partial charge in [-0.1, -0.05) is 63.9 Å². The first-order valence-corrected chi connectivity index (χ1v) is 10.1. The number of fused-ring (bicyclic) bond motifs is 3. The Bertz CT molecular complexity index is 1070. The Balaban J connectivity index is 1.63. The van der Waals surface area contributed by atoms with Crippen LogP contribution in [0.15, 0.2) is 76.3 Å². The largest absolute Gasteiger partial charge is 0.464 e. The van der Waals surface area contributed by atoms with Crippen LogP contribution in [0.1, 0.15) is 35.4 Å². The second kappa shape index (κ2) is 6.90. The van der Waals surface area contributed by atoms with Gasteiger partial charge in [-0.05, 0) is 35.9 Å². The number of hydrazone groups is 1. The highest BCUT2D eigenvalue weighted by atomic mass is 79.9. The van der Waals surface area contributed by atoms with Gasteiger partial charge in [0.25, 0.3) is 0 Å². The quantitative estimate of drug-likeness (QED) is 0.440. The summed E-state index contributed by atoms with van der Waals surface area (Å²) in [4.78, 5) is 0. The van der Waals surface area contributed by atoms with Crippen molar-refractivity contribution in [2.75, 3.05) is 0 Å². The summed E-state index contributed by atoms with van der Waals surface area (Å²) in [7, 11) is 0. The van der Waals surface area contributed by atoms with Crippen molar-refractivity contribution >= 4 is 33.2 Å². The maximum atomic E-state index is 14.7. The third-order valence-corrected chi connectivity index (χ3v) is 5.98. The summed E-state index contributed by atoms with van der Waals surface area (Å²) >= 11 is 9.82. The lowest BCUT2D eigenvalue weighted by atomic mass is 9.96. The zero-order chi connectivity index (χ0) is 19.3. The Morgan fingerprint density at radius 2 is 1.82 bits per heavy atom. The average Bonchev–Trinajstić information content (AvgIpc) is 3.14. The van der Waals surface area contributed by atoms with Gasteiger partial charge >= 0.3 is 0 Å². The van der Waals surface area contributed by atoms with Gasteiger partial charge in [0.15, 0.2) is 0 Å². The molecule has 2 heterocycles. The summed E-state index contributed by atoms with van der Waals surface area (Å²) in [6, 6.07) is 20.5. The van der Waals surface area contributed by atoms with Gasteiger partial charge in [0.2, 0.25) is 6.23 Å². The fourth-order valence-electron chi connectivity index (χ4n) is 3.79.